The van der Waals surface area contributed by atoms with Crippen molar-refractivity contribution in [2.75, 3.05) is 0 Å². The lowest BCUT2D eigenvalue weighted by molar-refractivity contribution is 0.953. The van der Waals surface area contributed by atoms with Gasteiger partial charge in [0, 0.05) is 106 Å². The highest BCUT2D eigenvalue weighted by Gasteiger charge is 2.31. The largest absolute Gasteiger partial charge is 0.308 e. The lowest BCUT2D eigenvalue weighted by atomic mass is 9.94. The van der Waals surface area contributed by atoms with Crippen LogP contribution in [0.1, 0.15) is 0 Å². The number of rotatable bonds is 9. The Labute approximate surface area is 632 Å². The molecule has 0 aliphatic rings. The zero-order chi connectivity index (χ0) is 71.3. The molecule has 0 aliphatic heterocycles. The van der Waals surface area contributed by atoms with Gasteiger partial charge < -0.3 is 8.80 Å². The first kappa shape index (κ1) is 58.9. The highest BCUT2D eigenvalue weighted by Crippen LogP contribution is 2.53. The maximum atomic E-state index is 5.75. The minimum atomic E-state index is 0.543. The third-order valence-electron chi connectivity index (χ3n) is 23.5. The second kappa shape index (κ2) is 21.7. The molecule has 0 saturated heterocycles. The molecule has 506 valence electrons. The summed E-state index contributed by atoms with van der Waals surface area (Å²) in [6.07, 6.45) is 0. The van der Waals surface area contributed by atoms with Crippen molar-refractivity contribution in [1.82, 2.24) is 47.8 Å². The number of thiophene rings is 2. The van der Waals surface area contributed by atoms with Crippen LogP contribution < -0.4 is 0 Å². The van der Waals surface area contributed by atoms with Crippen LogP contribution in [0.15, 0.2) is 315 Å². The predicted octanol–water partition coefficient (Wildman–Crippen LogP) is 25.8. The van der Waals surface area contributed by atoms with Gasteiger partial charge in [0.2, 0.25) is 11.9 Å². The van der Waals surface area contributed by atoms with E-state index in [4.69, 9.17) is 29.9 Å². The number of para-hydroxylation sites is 2. The van der Waals surface area contributed by atoms with Crippen LogP contribution in [0.25, 0.3) is 251 Å². The van der Waals surface area contributed by atoms with E-state index in [2.05, 4.69) is 333 Å². The SMILES string of the molecule is c1ccc(-c2cccc(-c3nc(-c4cccc(-c5cccc(-c6cc(-c7nc(-c8cccc9ccccc89)nc(-n8c9ccc%10sc%11ccc%12c%13ccccc%13n%13c%14cccc8c%14c9c%10c%11c%12%13)n7)c7ccccc7c6)c5)c4)nc(-n4c5ccc6sc7ccc8c9ccccc9n9c%10cccc4c%10c5c6c7c89)n3)c2)cc1. The summed E-state index contributed by atoms with van der Waals surface area (Å²) in [4.78, 5) is 33.7. The molecule has 0 fully saturated rings. The van der Waals surface area contributed by atoms with Crippen LogP contribution in [0.5, 0.6) is 0 Å². The van der Waals surface area contributed by atoms with Crippen LogP contribution in [-0.4, -0.2) is 47.8 Å². The molecule has 110 heavy (non-hydrogen) atoms. The van der Waals surface area contributed by atoms with E-state index < -0.39 is 0 Å². The smallest absolute Gasteiger partial charge is 0.238 e. The van der Waals surface area contributed by atoms with Gasteiger partial charge in [-0.15, -0.1) is 22.7 Å². The molecule has 0 bridgehead atoms. The number of hydrogen-bond donors (Lipinski definition) is 0. The average Bonchev–Trinajstić information content (AvgIpc) is 1.52. The van der Waals surface area contributed by atoms with Gasteiger partial charge in [-0.1, -0.05) is 212 Å². The fourth-order valence-electron chi connectivity index (χ4n) is 18.9. The summed E-state index contributed by atoms with van der Waals surface area (Å²) in [6.45, 7) is 0. The maximum Gasteiger partial charge on any atom is 0.238 e. The zero-order valence-corrected chi connectivity index (χ0v) is 59.9. The fraction of sp³-hybridized carbons (Fsp3) is 0. The van der Waals surface area contributed by atoms with Gasteiger partial charge >= 0.3 is 0 Å². The molecule has 16 aromatic carbocycles. The summed E-state index contributed by atoms with van der Waals surface area (Å²) in [5, 5.41) is 19.2. The van der Waals surface area contributed by atoms with Crippen molar-refractivity contribution in [2.24, 2.45) is 0 Å². The Morgan fingerprint density at radius 2 is 0.582 bits per heavy atom. The van der Waals surface area contributed by atoms with Crippen LogP contribution >= 0.6 is 22.7 Å². The number of nitrogens with zero attached hydrogens (tertiary/aromatic N) is 10. The van der Waals surface area contributed by atoms with Crippen molar-refractivity contribution in [3.05, 3.63) is 315 Å². The van der Waals surface area contributed by atoms with Gasteiger partial charge in [-0.3, -0.25) is 9.13 Å². The first-order valence-corrected chi connectivity index (χ1v) is 38.8. The maximum absolute atomic E-state index is 5.75. The van der Waals surface area contributed by atoms with E-state index in [9.17, 15) is 0 Å². The molecule has 10 nitrogen and oxygen atoms in total. The van der Waals surface area contributed by atoms with E-state index in [1.54, 1.807) is 0 Å². The normalized spacial score (nSPS) is 12.5. The molecule has 0 saturated carbocycles. The lowest BCUT2D eigenvalue weighted by Crippen LogP contribution is -2.07. The van der Waals surface area contributed by atoms with Crippen LogP contribution in [0.2, 0.25) is 0 Å². The van der Waals surface area contributed by atoms with Crippen molar-refractivity contribution >= 4 is 183 Å². The third kappa shape index (κ3) is 7.98. The molecule has 0 radical (unpaired) electrons. The minimum absolute atomic E-state index is 0.543. The Kier molecular flexibility index (Phi) is 11.6. The summed E-state index contributed by atoms with van der Waals surface area (Å²) in [5.41, 5.74) is 21.2. The first-order chi connectivity index (χ1) is 54.5. The van der Waals surface area contributed by atoms with Gasteiger partial charge in [0.15, 0.2) is 23.3 Å². The third-order valence-corrected chi connectivity index (χ3v) is 25.7. The molecule has 10 heterocycles. The molecule has 0 atom stereocenters. The standard InChI is InChI=1S/C98H52N10S2/c1-2-18-53(19-3-1)55-23-13-27-60(49-55)93-99-94(102-97(101-93)107-75-38-16-36-73-83(75)85-77(107)42-46-79-87(85)89-81(109-79)44-40-67-65-31-8-10-34-71(65)105(73)91(67)89)61-28-14-25-57(50-61)56-24-12-26-58(48-56)62-51-59-21-5-7-30-64(59)70(52-62)96-100-95(69-33-15-22-54-20-4-6-29-63(54)69)103-98(104-96)108-76-39-17-37-74-84(76)86-78(108)43-47-80-88(86)90-82(110-80)45-41-68-66-32-9-11-35-72(66)106(74)92(68)90/h1-52H. The molecule has 0 spiro atoms. The second-order valence-corrected chi connectivity index (χ2v) is 31.4. The molecule has 10 aromatic heterocycles. The molecule has 12 heteroatoms. The first-order valence-electron chi connectivity index (χ1n) is 37.1. The van der Waals surface area contributed by atoms with Gasteiger partial charge in [-0.25, -0.2) is 9.97 Å². The number of hydrogen-bond acceptors (Lipinski definition) is 8. The molecule has 0 unspecified atom stereocenters. The molecule has 0 amide bonds. The lowest BCUT2D eigenvalue weighted by Gasteiger charge is -2.15. The van der Waals surface area contributed by atoms with Gasteiger partial charge in [0.05, 0.1) is 55.2 Å². The van der Waals surface area contributed by atoms with Gasteiger partial charge in [-0.05, 0) is 158 Å². The van der Waals surface area contributed by atoms with Crippen LogP contribution in [0.3, 0.4) is 0 Å². The Bertz CT molecular complexity index is 8440. The predicted molar refractivity (Wildman–Crippen MR) is 457 cm³/mol. The summed E-state index contributed by atoms with van der Waals surface area (Å²) in [6, 6.07) is 114. The summed E-state index contributed by atoms with van der Waals surface area (Å²) >= 11 is 3.73. The quantitative estimate of drug-likeness (QED) is 0.143. The highest BCUT2D eigenvalue weighted by atomic mass is 32.1. The van der Waals surface area contributed by atoms with E-state index in [0.29, 0.717) is 35.2 Å². The van der Waals surface area contributed by atoms with Crippen LogP contribution in [0.4, 0.5) is 0 Å². The van der Waals surface area contributed by atoms with Gasteiger partial charge in [0.1, 0.15) is 0 Å². The Morgan fingerprint density at radius 3 is 1.16 bits per heavy atom. The van der Waals surface area contributed by atoms with Crippen LogP contribution in [0, 0.1) is 0 Å². The molecule has 26 rings (SSSR count). The molecular formula is C98H52N10S2. The van der Waals surface area contributed by atoms with Crippen molar-refractivity contribution in [1.29, 1.82) is 0 Å². The zero-order valence-electron chi connectivity index (χ0n) is 58.3. The van der Waals surface area contributed by atoms with E-state index in [-0.39, 0.29) is 0 Å². The van der Waals surface area contributed by atoms with E-state index in [1.165, 1.54) is 106 Å². The average molecular weight is 1430 g/mol. The summed E-state index contributed by atoms with van der Waals surface area (Å²) < 4.78 is 14.7. The monoisotopic (exact) mass is 1430 g/mol. The molecular weight excluding hydrogens is 1380 g/mol. The Balaban J connectivity index is 0.651. The second-order valence-electron chi connectivity index (χ2n) is 29.2. The van der Waals surface area contributed by atoms with E-state index >= 15 is 0 Å². The molecule has 0 N–H and O–H groups in total. The Morgan fingerprint density at radius 1 is 0.200 bits per heavy atom. The van der Waals surface area contributed by atoms with Gasteiger partial charge in [-0.2, -0.15) is 19.9 Å². The van der Waals surface area contributed by atoms with Gasteiger partial charge in [0.25, 0.3) is 0 Å². The minimum Gasteiger partial charge on any atom is -0.308 e. The molecule has 26 aromatic rings. The summed E-state index contributed by atoms with van der Waals surface area (Å²) in [5.74, 6) is 3.40. The van der Waals surface area contributed by atoms with E-state index in [1.807, 2.05) is 22.7 Å². The topological polar surface area (TPSA) is 96.0 Å². The molecule has 0 aliphatic carbocycles. The summed E-state index contributed by atoms with van der Waals surface area (Å²) in [7, 11) is 0. The number of benzene rings is 16. The van der Waals surface area contributed by atoms with Crippen LogP contribution in [-0.2, 0) is 0 Å². The van der Waals surface area contributed by atoms with E-state index in [0.717, 1.165) is 110 Å². The van der Waals surface area contributed by atoms with Crippen molar-refractivity contribution in [3.63, 3.8) is 0 Å². The van der Waals surface area contributed by atoms with Crippen molar-refractivity contribution in [2.45, 2.75) is 0 Å². The highest BCUT2D eigenvalue weighted by molar-refractivity contribution is 7.26. The number of fused-ring (bicyclic) bond motifs is 10. The fourth-order valence-corrected chi connectivity index (χ4v) is 21.1. The van der Waals surface area contributed by atoms with Crippen molar-refractivity contribution < 1.29 is 0 Å². The number of aromatic nitrogens is 10. The Hall–Kier alpha value is -14.3. The van der Waals surface area contributed by atoms with Crippen molar-refractivity contribution in [3.8, 4) is 90.8 Å².